The first-order chi connectivity index (χ1) is 8.47. The molecule has 18 heavy (non-hydrogen) atoms. The Bertz CT molecular complexity index is 452. The minimum atomic E-state index is -0.337. The Morgan fingerprint density at radius 2 is 2.39 bits per heavy atom. The first-order valence-corrected chi connectivity index (χ1v) is 6.79. The monoisotopic (exact) mass is 249 g/mol. The van der Waals surface area contributed by atoms with Crippen molar-refractivity contribution in [2.45, 2.75) is 59.0 Å². The number of hydrogen-bond acceptors (Lipinski definition) is 3. The highest BCUT2D eigenvalue weighted by atomic mass is 16.1. The molecule has 2 rings (SSSR count). The molecule has 1 aliphatic carbocycles. The molecule has 1 heterocycles. The number of nitrogens with two attached hydrogens (primary N) is 1. The molecule has 0 aliphatic heterocycles. The van der Waals surface area contributed by atoms with Crippen molar-refractivity contribution >= 4 is 5.78 Å². The first-order valence-electron chi connectivity index (χ1n) is 6.79. The molecule has 0 saturated heterocycles. The van der Waals surface area contributed by atoms with Crippen LogP contribution in [0.4, 0.5) is 0 Å². The lowest BCUT2D eigenvalue weighted by Gasteiger charge is -2.27. The van der Waals surface area contributed by atoms with Gasteiger partial charge in [0.05, 0.1) is 5.69 Å². The van der Waals surface area contributed by atoms with Crippen LogP contribution in [0.3, 0.4) is 0 Å². The second-order valence-electron chi connectivity index (χ2n) is 5.61. The van der Waals surface area contributed by atoms with Gasteiger partial charge in [-0.05, 0) is 32.8 Å². The van der Waals surface area contributed by atoms with Gasteiger partial charge < -0.3 is 5.73 Å². The Hall–Kier alpha value is -1.16. The zero-order valence-electron chi connectivity index (χ0n) is 11.6. The van der Waals surface area contributed by atoms with Crippen LogP contribution in [-0.4, -0.2) is 21.6 Å². The fourth-order valence-corrected chi connectivity index (χ4v) is 2.92. The second kappa shape index (κ2) is 4.84. The van der Waals surface area contributed by atoms with Crippen molar-refractivity contribution in [3.8, 4) is 0 Å². The normalized spacial score (nSPS) is 27.7. The summed E-state index contributed by atoms with van der Waals surface area (Å²) in [7, 11) is 0. The highest BCUT2D eigenvalue weighted by molar-refractivity contribution is 5.87. The minimum absolute atomic E-state index is 0.0177. The van der Waals surface area contributed by atoms with E-state index in [1.807, 2.05) is 31.5 Å². The van der Waals surface area contributed by atoms with Crippen LogP contribution in [0.2, 0.25) is 0 Å². The molecule has 0 bridgehead atoms. The Morgan fingerprint density at radius 3 is 2.94 bits per heavy atom. The van der Waals surface area contributed by atoms with Gasteiger partial charge in [-0.25, -0.2) is 0 Å². The van der Waals surface area contributed by atoms with Gasteiger partial charge in [-0.15, -0.1) is 0 Å². The molecule has 1 aliphatic rings. The Labute approximate surface area is 109 Å². The molecular formula is C14H23N3O. The highest BCUT2D eigenvalue weighted by Crippen LogP contribution is 2.38. The summed E-state index contributed by atoms with van der Waals surface area (Å²) in [6, 6.07) is 2.02. The molecule has 4 heteroatoms. The fourth-order valence-electron chi connectivity index (χ4n) is 2.92. The van der Waals surface area contributed by atoms with Crippen LogP contribution < -0.4 is 5.73 Å². The Morgan fingerprint density at radius 1 is 1.67 bits per heavy atom. The standard InChI is InChI=1S/C14H23N3O/c1-4-17-11(8-10(2)16-17)9-13(18)14(3)7-5-6-12(14)15/h8,12H,4-7,9,15H2,1-3H3. The second-order valence-corrected chi connectivity index (χ2v) is 5.61. The van der Waals surface area contributed by atoms with Crippen LogP contribution in [0.1, 0.15) is 44.5 Å². The van der Waals surface area contributed by atoms with E-state index in [1.54, 1.807) is 0 Å². The van der Waals surface area contributed by atoms with Gasteiger partial charge in [-0.2, -0.15) is 5.10 Å². The number of aryl methyl sites for hydroxylation is 2. The Balaban J connectivity index is 2.16. The third-order valence-electron chi connectivity index (χ3n) is 4.29. The molecule has 1 saturated carbocycles. The molecule has 4 nitrogen and oxygen atoms in total. The first kappa shape index (κ1) is 13.3. The molecule has 100 valence electrons. The van der Waals surface area contributed by atoms with E-state index in [0.29, 0.717) is 6.42 Å². The third-order valence-corrected chi connectivity index (χ3v) is 4.29. The third kappa shape index (κ3) is 2.21. The minimum Gasteiger partial charge on any atom is -0.327 e. The number of Topliss-reactive ketones (excluding diaryl/α,β-unsaturated/α-hetero) is 1. The lowest BCUT2D eigenvalue weighted by atomic mass is 9.79. The number of rotatable bonds is 4. The van der Waals surface area contributed by atoms with Crippen molar-refractivity contribution in [1.29, 1.82) is 0 Å². The fraction of sp³-hybridized carbons (Fsp3) is 0.714. The molecule has 0 aromatic carbocycles. The molecule has 1 fully saturated rings. The lowest BCUT2D eigenvalue weighted by Crippen LogP contribution is -2.42. The van der Waals surface area contributed by atoms with Gasteiger partial charge in [-0.1, -0.05) is 13.3 Å². The van der Waals surface area contributed by atoms with E-state index in [2.05, 4.69) is 5.10 Å². The van der Waals surface area contributed by atoms with Crippen molar-refractivity contribution in [2.75, 3.05) is 0 Å². The largest absolute Gasteiger partial charge is 0.327 e. The highest BCUT2D eigenvalue weighted by Gasteiger charge is 2.42. The molecule has 2 unspecified atom stereocenters. The van der Waals surface area contributed by atoms with E-state index in [1.165, 1.54) is 0 Å². The van der Waals surface area contributed by atoms with E-state index in [-0.39, 0.29) is 17.2 Å². The molecule has 2 atom stereocenters. The van der Waals surface area contributed by atoms with Crippen LogP contribution >= 0.6 is 0 Å². The van der Waals surface area contributed by atoms with Gasteiger partial charge in [0.15, 0.2) is 0 Å². The summed E-state index contributed by atoms with van der Waals surface area (Å²) in [4.78, 5) is 12.5. The predicted octanol–water partition coefficient (Wildman–Crippen LogP) is 1.84. The maximum absolute atomic E-state index is 12.5. The number of nitrogens with zero attached hydrogens (tertiary/aromatic N) is 2. The van der Waals surface area contributed by atoms with Crippen molar-refractivity contribution in [3.63, 3.8) is 0 Å². The number of hydrogen-bond donors (Lipinski definition) is 1. The van der Waals surface area contributed by atoms with Crippen molar-refractivity contribution in [3.05, 3.63) is 17.5 Å². The molecule has 0 spiro atoms. The van der Waals surface area contributed by atoms with Gasteiger partial charge in [-0.3, -0.25) is 9.48 Å². The van der Waals surface area contributed by atoms with Crippen molar-refractivity contribution < 1.29 is 4.79 Å². The number of carbonyl (C=O) groups excluding carboxylic acids is 1. The van der Waals surface area contributed by atoms with Crippen molar-refractivity contribution in [1.82, 2.24) is 9.78 Å². The summed E-state index contributed by atoms with van der Waals surface area (Å²) in [5.41, 5.74) is 7.75. The lowest BCUT2D eigenvalue weighted by molar-refractivity contribution is -0.127. The number of ketones is 1. The smallest absolute Gasteiger partial charge is 0.146 e. The summed E-state index contributed by atoms with van der Waals surface area (Å²) < 4.78 is 1.91. The van der Waals surface area contributed by atoms with E-state index >= 15 is 0 Å². The predicted molar refractivity (Wildman–Crippen MR) is 71.3 cm³/mol. The molecule has 0 radical (unpaired) electrons. The molecular weight excluding hydrogens is 226 g/mol. The number of carbonyl (C=O) groups is 1. The quantitative estimate of drug-likeness (QED) is 0.885. The molecule has 0 amide bonds. The van der Waals surface area contributed by atoms with E-state index < -0.39 is 0 Å². The van der Waals surface area contributed by atoms with Crippen LogP contribution in [0.15, 0.2) is 6.07 Å². The van der Waals surface area contributed by atoms with Gasteiger partial charge in [0.2, 0.25) is 0 Å². The summed E-state index contributed by atoms with van der Waals surface area (Å²) in [5, 5.41) is 4.38. The van der Waals surface area contributed by atoms with Crippen molar-refractivity contribution in [2.24, 2.45) is 11.1 Å². The molecule has 1 aromatic rings. The maximum Gasteiger partial charge on any atom is 0.146 e. The molecule has 2 N–H and O–H groups in total. The summed E-state index contributed by atoms with van der Waals surface area (Å²) >= 11 is 0. The van der Waals surface area contributed by atoms with E-state index in [4.69, 9.17) is 5.73 Å². The average Bonchev–Trinajstić information content (AvgIpc) is 2.84. The summed E-state index contributed by atoms with van der Waals surface area (Å²) in [5.74, 6) is 0.266. The van der Waals surface area contributed by atoms with Gasteiger partial charge >= 0.3 is 0 Å². The number of aromatic nitrogens is 2. The summed E-state index contributed by atoms with van der Waals surface area (Å²) in [6.45, 7) is 6.83. The van der Waals surface area contributed by atoms with Crippen LogP contribution in [0, 0.1) is 12.3 Å². The zero-order valence-corrected chi connectivity index (χ0v) is 11.6. The average molecular weight is 249 g/mol. The van der Waals surface area contributed by atoms with E-state index in [0.717, 1.165) is 37.2 Å². The van der Waals surface area contributed by atoms with Gasteiger partial charge in [0.1, 0.15) is 5.78 Å². The maximum atomic E-state index is 12.5. The summed E-state index contributed by atoms with van der Waals surface area (Å²) in [6.07, 6.45) is 3.41. The van der Waals surface area contributed by atoms with Crippen LogP contribution in [0.5, 0.6) is 0 Å². The van der Waals surface area contributed by atoms with Gasteiger partial charge in [0, 0.05) is 30.1 Å². The van der Waals surface area contributed by atoms with E-state index in [9.17, 15) is 4.79 Å². The topological polar surface area (TPSA) is 60.9 Å². The Kier molecular flexibility index (Phi) is 3.57. The molecule has 1 aromatic heterocycles. The van der Waals surface area contributed by atoms with Crippen LogP contribution in [0.25, 0.3) is 0 Å². The van der Waals surface area contributed by atoms with Crippen LogP contribution in [-0.2, 0) is 17.8 Å². The van der Waals surface area contributed by atoms with Gasteiger partial charge in [0.25, 0.3) is 0 Å². The zero-order chi connectivity index (χ0) is 13.3. The SMILES string of the molecule is CCn1nc(C)cc1CC(=O)C1(C)CCCC1N.